The van der Waals surface area contributed by atoms with Gasteiger partial charge in [-0.3, -0.25) is 4.79 Å². The maximum atomic E-state index is 12.1. The van der Waals surface area contributed by atoms with E-state index in [1.165, 1.54) is 0 Å². The van der Waals surface area contributed by atoms with E-state index in [2.05, 4.69) is 34.6 Å². The fraction of sp³-hybridized carbons (Fsp3) is 0.500. The van der Waals surface area contributed by atoms with E-state index >= 15 is 0 Å². The van der Waals surface area contributed by atoms with Crippen molar-refractivity contribution in [2.45, 2.75) is 46.3 Å². The molecule has 2 rings (SSSR count). The van der Waals surface area contributed by atoms with Gasteiger partial charge in [0.25, 0.3) is 5.91 Å². The lowest BCUT2D eigenvalue weighted by molar-refractivity contribution is 0.0915. The third-order valence-electron chi connectivity index (χ3n) is 3.88. The molecule has 1 amide bonds. The third-order valence-corrected chi connectivity index (χ3v) is 3.88. The highest BCUT2D eigenvalue weighted by molar-refractivity contribution is 5.94. The van der Waals surface area contributed by atoms with Crippen molar-refractivity contribution in [3.8, 4) is 0 Å². The van der Waals surface area contributed by atoms with Gasteiger partial charge in [-0.15, -0.1) is 0 Å². The molecule has 1 aromatic carbocycles. The quantitative estimate of drug-likeness (QED) is 0.647. The number of aliphatic hydroxyl groups excluding tert-OH is 1. The Kier molecular flexibility index (Phi) is 6.94. The Balaban J connectivity index is 1.92. The van der Waals surface area contributed by atoms with Crippen molar-refractivity contribution in [3.05, 3.63) is 42.0 Å². The van der Waals surface area contributed by atoms with E-state index in [9.17, 15) is 4.79 Å². The highest BCUT2D eigenvalue weighted by Gasteiger charge is 2.11. The number of nitrogens with zero attached hydrogens (tertiary/aromatic N) is 3. The van der Waals surface area contributed by atoms with Crippen LogP contribution in [0.25, 0.3) is 0 Å². The van der Waals surface area contributed by atoms with Crippen molar-refractivity contribution >= 4 is 11.6 Å². The van der Waals surface area contributed by atoms with Crippen LogP contribution in [0.3, 0.4) is 0 Å². The lowest BCUT2D eigenvalue weighted by Crippen LogP contribution is -2.36. The number of aromatic nitrogens is 3. The smallest absolute Gasteiger partial charge is 0.251 e. The molecule has 7 nitrogen and oxygen atoms in total. The minimum absolute atomic E-state index is 0.0566. The second-order valence-electron chi connectivity index (χ2n) is 6.44. The Morgan fingerprint density at radius 1 is 1.28 bits per heavy atom. The molecule has 1 unspecified atom stereocenters. The van der Waals surface area contributed by atoms with E-state index in [1.807, 2.05) is 23.7 Å². The van der Waals surface area contributed by atoms with Gasteiger partial charge in [-0.2, -0.15) is 5.10 Å². The number of hydrogen-bond donors (Lipinski definition) is 3. The van der Waals surface area contributed by atoms with E-state index < -0.39 is 0 Å². The molecule has 7 heteroatoms. The van der Waals surface area contributed by atoms with Crippen LogP contribution in [0.4, 0.5) is 5.69 Å². The summed E-state index contributed by atoms with van der Waals surface area (Å²) in [5.41, 5.74) is 1.48. The summed E-state index contributed by atoms with van der Waals surface area (Å²) in [6, 6.07) is 7.04. The topological polar surface area (TPSA) is 92.1 Å². The average molecular weight is 345 g/mol. The molecule has 25 heavy (non-hydrogen) atoms. The summed E-state index contributed by atoms with van der Waals surface area (Å²) in [4.78, 5) is 16.4. The zero-order valence-electron chi connectivity index (χ0n) is 15.1. The van der Waals surface area contributed by atoms with Crippen LogP contribution in [0.2, 0.25) is 0 Å². The first kappa shape index (κ1) is 18.9. The second kappa shape index (κ2) is 9.17. The molecular formula is C18H27N5O2. The summed E-state index contributed by atoms with van der Waals surface area (Å²) in [6.07, 6.45) is 2.26. The Hall–Kier alpha value is -2.41. The van der Waals surface area contributed by atoms with Crippen molar-refractivity contribution in [1.29, 1.82) is 0 Å². The van der Waals surface area contributed by atoms with E-state index in [0.717, 1.165) is 18.1 Å². The number of rotatable bonds is 9. The third kappa shape index (κ3) is 5.56. The minimum Gasteiger partial charge on any atom is -0.394 e. The zero-order valence-corrected chi connectivity index (χ0v) is 15.1. The summed E-state index contributed by atoms with van der Waals surface area (Å²) in [5.74, 6) is 1.21. The van der Waals surface area contributed by atoms with Gasteiger partial charge in [-0.05, 0) is 36.6 Å². The normalized spacial score (nSPS) is 12.2. The van der Waals surface area contributed by atoms with Crippen molar-refractivity contribution < 1.29 is 9.90 Å². The summed E-state index contributed by atoms with van der Waals surface area (Å²) >= 11 is 0. The summed E-state index contributed by atoms with van der Waals surface area (Å²) in [7, 11) is 0. The molecule has 2 aromatic rings. The summed E-state index contributed by atoms with van der Waals surface area (Å²) < 4.78 is 1.90. The minimum atomic E-state index is -0.211. The number of carbonyl (C=O) groups is 1. The summed E-state index contributed by atoms with van der Waals surface area (Å²) in [5, 5.41) is 19.5. The van der Waals surface area contributed by atoms with Gasteiger partial charge in [0, 0.05) is 17.8 Å². The van der Waals surface area contributed by atoms with Gasteiger partial charge in [0.2, 0.25) is 0 Å². The number of nitrogens with one attached hydrogen (secondary N) is 2. The molecule has 1 atom stereocenters. The maximum absolute atomic E-state index is 12.1. The monoisotopic (exact) mass is 345 g/mol. The second-order valence-corrected chi connectivity index (χ2v) is 6.44. The van der Waals surface area contributed by atoms with Gasteiger partial charge in [-0.25, -0.2) is 9.67 Å². The van der Waals surface area contributed by atoms with Crippen LogP contribution in [0.15, 0.2) is 30.6 Å². The Bertz CT molecular complexity index is 662. The van der Waals surface area contributed by atoms with E-state index in [4.69, 9.17) is 5.11 Å². The van der Waals surface area contributed by atoms with E-state index in [0.29, 0.717) is 24.4 Å². The van der Waals surface area contributed by atoms with Gasteiger partial charge in [0.1, 0.15) is 12.2 Å². The first-order chi connectivity index (χ1) is 12.0. The van der Waals surface area contributed by atoms with Crippen LogP contribution < -0.4 is 10.6 Å². The molecule has 1 heterocycles. The molecule has 0 bridgehead atoms. The first-order valence-corrected chi connectivity index (χ1v) is 8.65. The van der Waals surface area contributed by atoms with Crippen molar-refractivity contribution in [2.75, 3.05) is 11.9 Å². The molecular weight excluding hydrogens is 318 g/mol. The lowest BCUT2D eigenvalue weighted by atomic mass is 10.1. The van der Waals surface area contributed by atoms with Gasteiger partial charge in [0.05, 0.1) is 19.2 Å². The molecule has 0 saturated heterocycles. The van der Waals surface area contributed by atoms with Crippen molar-refractivity contribution in [2.24, 2.45) is 5.92 Å². The Labute approximate surface area is 148 Å². The van der Waals surface area contributed by atoms with Crippen molar-refractivity contribution in [3.63, 3.8) is 0 Å². The fourth-order valence-electron chi connectivity index (χ4n) is 2.39. The van der Waals surface area contributed by atoms with Crippen LogP contribution in [-0.4, -0.2) is 38.4 Å². The highest BCUT2D eigenvalue weighted by atomic mass is 16.3. The predicted octanol–water partition coefficient (Wildman–Crippen LogP) is 2.05. The molecule has 0 fully saturated rings. The van der Waals surface area contributed by atoms with E-state index in [1.54, 1.807) is 18.5 Å². The number of aliphatic hydroxyl groups is 1. The molecule has 0 aliphatic carbocycles. The number of anilines is 1. The molecule has 0 aliphatic rings. The van der Waals surface area contributed by atoms with Gasteiger partial charge in [-0.1, -0.05) is 20.8 Å². The molecule has 0 aliphatic heterocycles. The molecule has 1 aromatic heterocycles. The standard InChI is InChI=1S/C18H27N5O2/c1-4-15(11-24)22-18(25)14-5-7-16(8-6-14)19-9-17-20-12-21-23(17)10-13(2)3/h5-8,12-13,15,19,24H,4,9-11H2,1-3H3,(H,22,25). The number of hydrogen-bond acceptors (Lipinski definition) is 5. The van der Waals surface area contributed by atoms with Gasteiger partial charge in [0.15, 0.2) is 0 Å². The lowest BCUT2D eigenvalue weighted by Gasteiger charge is -2.14. The van der Waals surface area contributed by atoms with Crippen LogP contribution in [0.1, 0.15) is 43.4 Å². The van der Waals surface area contributed by atoms with Crippen LogP contribution in [0.5, 0.6) is 0 Å². The Morgan fingerprint density at radius 3 is 2.60 bits per heavy atom. The van der Waals surface area contributed by atoms with Gasteiger partial charge >= 0.3 is 0 Å². The van der Waals surface area contributed by atoms with E-state index in [-0.39, 0.29) is 18.6 Å². The molecule has 136 valence electrons. The first-order valence-electron chi connectivity index (χ1n) is 8.65. The molecule has 0 saturated carbocycles. The molecule has 3 N–H and O–H groups in total. The predicted molar refractivity (Wildman–Crippen MR) is 97.3 cm³/mol. The summed E-state index contributed by atoms with van der Waals surface area (Å²) in [6.45, 7) is 7.55. The molecule has 0 radical (unpaired) electrons. The number of amides is 1. The zero-order chi connectivity index (χ0) is 18.2. The SMILES string of the molecule is CCC(CO)NC(=O)c1ccc(NCc2ncnn2CC(C)C)cc1. The Morgan fingerprint density at radius 2 is 2.00 bits per heavy atom. The van der Waals surface area contributed by atoms with Crippen LogP contribution in [0, 0.1) is 5.92 Å². The van der Waals surface area contributed by atoms with Crippen molar-refractivity contribution in [1.82, 2.24) is 20.1 Å². The molecule has 0 spiro atoms. The largest absolute Gasteiger partial charge is 0.394 e. The fourth-order valence-corrected chi connectivity index (χ4v) is 2.39. The maximum Gasteiger partial charge on any atom is 0.251 e. The van der Waals surface area contributed by atoms with Crippen LogP contribution in [-0.2, 0) is 13.1 Å². The van der Waals surface area contributed by atoms with Gasteiger partial charge < -0.3 is 15.7 Å². The average Bonchev–Trinajstić information content (AvgIpc) is 3.04. The number of carbonyl (C=O) groups excluding carboxylic acids is 1. The van der Waals surface area contributed by atoms with Crippen LogP contribution >= 0.6 is 0 Å². The highest BCUT2D eigenvalue weighted by Crippen LogP contribution is 2.11. The number of benzene rings is 1.